The number of nitro groups is 1. The fourth-order valence-corrected chi connectivity index (χ4v) is 2.36. The van der Waals surface area contributed by atoms with Gasteiger partial charge in [-0.15, -0.1) is 0 Å². The van der Waals surface area contributed by atoms with Crippen molar-refractivity contribution in [2.75, 3.05) is 0 Å². The lowest BCUT2D eigenvalue weighted by atomic mass is 9.90. The summed E-state index contributed by atoms with van der Waals surface area (Å²) in [6.45, 7) is -1.49. The van der Waals surface area contributed by atoms with E-state index in [2.05, 4.69) is 4.74 Å². The highest BCUT2D eigenvalue weighted by atomic mass is 19.4. The number of amides is 1. The molecule has 224 valence electrons. The molecule has 1 amide bonds. The van der Waals surface area contributed by atoms with E-state index in [1.807, 2.05) is 0 Å². The van der Waals surface area contributed by atoms with Crippen LogP contribution in [0.4, 0.5) is 85.1 Å². The number of nitrogens with one attached hydrogen (secondary N) is 1. The molecule has 0 aromatic heterocycles. The van der Waals surface area contributed by atoms with Gasteiger partial charge in [0.15, 0.2) is 0 Å². The highest BCUT2D eigenvalue weighted by Crippen LogP contribution is 2.63. The number of nitro benzene ring substituents is 1. The normalized spacial score (nSPS) is 14.7. The molecule has 0 radical (unpaired) electrons. The summed E-state index contributed by atoms with van der Waals surface area (Å²) in [4.78, 5) is 20.9. The zero-order chi connectivity index (χ0) is 31.3. The second-order valence-electron chi connectivity index (χ2n) is 7.11. The molecule has 1 N–H and O–H groups in total. The maximum atomic E-state index is 13.7. The fraction of sp³-hybridized carbons (Fsp3) is 0.562. The number of hydrogen-bond acceptors (Lipinski definition) is 4. The molecule has 0 unspecified atom stereocenters. The van der Waals surface area contributed by atoms with Crippen LogP contribution in [0.3, 0.4) is 0 Å². The van der Waals surface area contributed by atoms with Crippen molar-refractivity contribution < 1.29 is 89.1 Å². The molecule has 0 aliphatic heterocycles. The van der Waals surface area contributed by atoms with Crippen LogP contribution in [-0.2, 0) is 11.3 Å². The van der Waals surface area contributed by atoms with E-state index >= 15 is 0 Å². The summed E-state index contributed by atoms with van der Waals surface area (Å²) in [6, 6.07) is -3.75. The SMILES string of the molecule is O=C(NC(F)(F)C(F)(F)C(F)(F)C(F)(F)C(F)(F)C(F)(F)C(F)(F)C(F)(F)F)OCc1ccccc1[N+](=O)[O-]. The Bertz CT molecular complexity index is 1090. The number of hydrogen-bond donors (Lipinski definition) is 1. The van der Waals surface area contributed by atoms with Crippen molar-refractivity contribution in [3.63, 3.8) is 0 Å². The number of para-hydroxylation sites is 1. The molecular formula is C16H7F17N2O4. The van der Waals surface area contributed by atoms with E-state index in [0.717, 1.165) is 18.2 Å². The highest BCUT2D eigenvalue weighted by molar-refractivity contribution is 5.68. The lowest BCUT2D eigenvalue weighted by Crippen LogP contribution is -2.75. The maximum Gasteiger partial charge on any atom is 0.460 e. The molecule has 0 heterocycles. The average Bonchev–Trinajstić information content (AvgIpc) is 2.75. The van der Waals surface area contributed by atoms with Gasteiger partial charge >= 0.3 is 53.9 Å². The molecule has 23 heteroatoms. The standard InChI is InChI=1S/C16H7F17N2O4/c17-9(18,11(21,22)13(25,26)15(29,30)31)10(19,20)12(23,24)14(27,28)16(32,33)34-8(36)39-5-6-3-1-2-4-7(6)35(37)38/h1-4H,5H2,(H,34,36). The van der Waals surface area contributed by atoms with E-state index in [-0.39, 0.29) is 0 Å². The molecule has 0 atom stereocenters. The first-order valence-electron chi connectivity index (χ1n) is 8.93. The average molecular weight is 614 g/mol. The number of alkyl carbamates (subject to hydrolysis) is 1. The van der Waals surface area contributed by atoms with E-state index in [0.29, 0.717) is 6.07 Å². The Morgan fingerprint density at radius 1 is 0.692 bits per heavy atom. The predicted molar refractivity (Wildman–Crippen MR) is 87.1 cm³/mol. The van der Waals surface area contributed by atoms with Gasteiger partial charge in [0.2, 0.25) is 0 Å². The first-order valence-corrected chi connectivity index (χ1v) is 8.93. The Morgan fingerprint density at radius 2 is 1.08 bits per heavy atom. The van der Waals surface area contributed by atoms with Crippen LogP contribution < -0.4 is 5.32 Å². The minimum atomic E-state index is -8.81. The third-order valence-electron chi connectivity index (χ3n) is 4.53. The number of rotatable bonds is 10. The minimum absolute atomic E-state index is 0.550. The molecule has 0 fully saturated rings. The summed E-state index contributed by atoms with van der Waals surface area (Å²) in [7, 11) is 0. The topological polar surface area (TPSA) is 81.5 Å². The molecule has 0 aliphatic rings. The highest BCUT2D eigenvalue weighted by Gasteiger charge is 2.95. The van der Waals surface area contributed by atoms with Gasteiger partial charge in [-0.05, 0) is 6.07 Å². The van der Waals surface area contributed by atoms with Crippen molar-refractivity contribution >= 4 is 11.8 Å². The number of carbonyl (C=O) groups excluding carboxylic acids is 1. The van der Waals surface area contributed by atoms with Gasteiger partial charge in [0.1, 0.15) is 6.61 Å². The van der Waals surface area contributed by atoms with Gasteiger partial charge in [-0.2, -0.15) is 74.6 Å². The Labute approximate surface area is 201 Å². The number of nitrogens with zero attached hydrogens (tertiary/aromatic N) is 1. The molecule has 1 rings (SSSR count). The Hall–Kier alpha value is -3.30. The summed E-state index contributed by atoms with van der Waals surface area (Å²) in [5.41, 5.74) is -1.59. The van der Waals surface area contributed by atoms with Crippen LogP contribution in [0.25, 0.3) is 0 Å². The lowest BCUT2D eigenvalue weighted by Gasteiger charge is -2.42. The quantitative estimate of drug-likeness (QED) is 0.136. The van der Waals surface area contributed by atoms with Crippen molar-refractivity contribution in [1.29, 1.82) is 0 Å². The zero-order valence-electron chi connectivity index (χ0n) is 17.5. The molecular weight excluding hydrogens is 607 g/mol. The number of ether oxygens (including phenoxy) is 1. The van der Waals surface area contributed by atoms with E-state index in [1.54, 1.807) is 0 Å². The van der Waals surface area contributed by atoms with Crippen molar-refractivity contribution in [3.05, 3.63) is 39.9 Å². The van der Waals surface area contributed by atoms with Crippen LogP contribution in [0.1, 0.15) is 5.56 Å². The summed E-state index contributed by atoms with van der Waals surface area (Å²) >= 11 is 0. The van der Waals surface area contributed by atoms with Crippen LogP contribution in [-0.4, -0.2) is 58.8 Å². The molecule has 39 heavy (non-hydrogen) atoms. The van der Waals surface area contributed by atoms with Crippen LogP contribution >= 0.6 is 0 Å². The van der Waals surface area contributed by atoms with Crippen molar-refractivity contribution in [1.82, 2.24) is 5.32 Å². The summed E-state index contributed by atoms with van der Waals surface area (Å²) in [6.07, 6.45) is -10.9. The third-order valence-corrected chi connectivity index (χ3v) is 4.53. The summed E-state index contributed by atoms with van der Waals surface area (Å²) in [5, 5.41) is 10.2. The van der Waals surface area contributed by atoms with Crippen LogP contribution in [0, 0.1) is 10.1 Å². The van der Waals surface area contributed by atoms with Gasteiger partial charge in [0.25, 0.3) is 5.69 Å². The van der Waals surface area contributed by atoms with Gasteiger partial charge in [-0.3, -0.25) is 15.4 Å². The van der Waals surface area contributed by atoms with Crippen LogP contribution in [0.2, 0.25) is 0 Å². The molecule has 0 aliphatic carbocycles. The lowest BCUT2D eigenvalue weighted by molar-refractivity contribution is -0.462. The number of carbonyl (C=O) groups is 1. The maximum absolute atomic E-state index is 13.7. The number of halogens is 17. The minimum Gasteiger partial charge on any atom is -0.444 e. The third kappa shape index (κ3) is 5.17. The molecule has 0 saturated heterocycles. The van der Waals surface area contributed by atoms with Gasteiger partial charge < -0.3 is 4.74 Å². The van der Waals surface area contributed by atoms with Crippen LogP contribution in [0.15, 0.2) is 24.3 Å². The molecule has 0 bridgehead atoms. The zero-order valence-corrected chi connectivity index (χ0v) is 17.5. The first-order chi connectivity index (χ1) is 17.0. The Morgan fingerprint density at radius 3 is 1.49 bits per heavy atom. The van der Waals surface area contributed by atoms with E-state index in [4.69, 9.17) is 0 Å². The van der Waals surface area contributed by atoms with Gasteiger partial charge in [-0.25, -0.2) is 4.79 Å². The van der Waals surface area contributed by atoms with Gasteiger partial charge in [0, 0.05) is 6.07 Å². The van der Waals surface area contributed by atoms with E-state index in [9.17, 15) is 89.5 Å². The Kier molecular flexibility index (Phi) is 8.40. The smallest absolute Gasteiger partial charge is 0.444 e. The second-order valence-corrected chi connectivity index (χ2v) is 7.11. The van der Waals surface area contributed by atoms with Crippen molar-refractivity contribution in [3.8, 4) is 0 Å². The number of alkyl halides is 17. The largest absolute Gasteiger partial charge is 0.460 e. The predicted octanol–water partition coefficient (Wildman–Crippen LogP) is 6.79. The summed E-state index contributed by atoms with van der Waals surface area (Å²) in [5.74, 6) is -51.3. The fourth-order valence-electron chi connectivity index (χ4n) is 2.36. The van der Waals surface area contributed by atoms with Crippen molar-refractivity contribution in [2.24, 2.45) is 0 Å². The molecule has 1 aromatic rings. The van der Waals surface area contributed by atoms with E-state index < -0.39 is 81.9 Å². The van der Waals surface area contributed by atoms with Crippen molar-refractivity contribution in [2.45, 2.75) is 54.4 Å². The molecule has 0 saturated carbocycles. The second kappa shape index (κ2) is 9.71. The molecule has 1 aromatic carbocycles. The summed E-state index contributed by atoms with van der Waals surface area (Å²) < 4.78 is 227. The number of benzene rings is 1. The molecule has 6 nitrogen and oxygen atoms in total. The Balaban J connectivity index is 3.36. The van der Waals surface area contributed by atoms with Gasteiger partial charge in [-0.1, -0.05) is 12.1 Å². The molecule has 0 spiro atoms. The monoisotopic (exact) mass is 614 g/mol. The first kappa shape index (κ1) is 33.7. The van der Waals surface area contributed by atoms with Crippen LogP contribution in [0.5, 0.6) is 0 Å². The van der Waals surface area contributed by atoms with Gasteiger partial charge in [0.05, 0.1) is 10.5 Å². The van der Waals surface area contributed by atoms with E-state index in [1.165, 1.54) is 0 Å².